The van der Waals surface area contributed by atoms with Crippen molar-refractivity contribution in [1.82, 2.24) is 4.98 Å². The van der Waals surface area contributed by atoms with Crippen LogP contribution in [0, 0.1) is 56.4 Å². The zero-order chi connectivity index (χ0) is 21.3. The summed E-state index contributed by atoms with van der Waals surface area (Å²) < 4.78 is 0. The molecule has 32 heavy (non-hydrogen) atoms. The number of rotatable bonds is 4. The molecule has 1 radical (unpaired) electrons. The zero-order valence-electron chi connectivity index (χ0n) is 21.2. The molecule has 0 saturated carbocycles. The Balaban J connectivity index is 0.00000320. The van der Waals surface area contributed by atoms with Gasteiger partial charge in [-0.15, -0.1) is 11.4 Å². The zero-order valence-corrected chi connectivity index (χ0v) is 22.3. The molecule has 0 atom stereocenters. The van der Waals surface area contributed by atoms with Gasteiger partial charge in [0.2, 0.25) is 0 Å². The van der Waals surface area contributed by atoms with Gasteiger partial charge in [0, 0.05) is 11.4 Å². The summed E-state index contributed by atoms with van der Waals surface area (Å²) in [6.07, 6.45) is 0. The molecule has 171 valence electrons. The minimum atomic E-state index is 0. The van der Waals surface area contributed by atoms with Crippen LogP contribution < -0.4 is 4.98 Å². The van der Waals surface area contributed by atoms with Crippen molar-refractivity contribution in [1.29, 1.82) is 0 Å². The molecule has 0 saturated heterocycles. The van der Waals surface area contributed by atoms with Gasteiger partial charge >= 0.3 is 17.1 Å². The molecule has 1 aromatic heterocycles. The molecule has 0 aliphatic rings. The van der Waals surface area contributed by atoms with Crippen LogP contribution in [0.15, 0.2) is 46.4 Å². The van der Waals surface area contributed by atoms with Gasteiger partial charge in [0.25, 0.3) is 0 Å². The van der Waals surface area contributed by atoms with E-state index in [2.05, 4.69) is 65.8 Å². The number of aromatic nitrogens is 1. The van der Waals surface area contributed by atoms with Crippen LogP contribution in [0.1, 0.15) is 58.6 Å². The molecule has 4 heteroatoms. The third-order valence-electron chi connectivity index (χ3n) is 5.21. The van der Waals surface area contributed by atoms with Gasteiger partial charge in [-0.05, 0) is 77.6 Å². The molecule has 0 bridgehead atoms. The Labute approximate surface area is 206 Å². The van der Waals surface area contributed by atoms with E-state index in [1.165, 1.54) is 33.4 Å². The first-order chi connectivity index (χ1) is 13.7. The molecule has 3 nitrogen and oxygen atoms in total. The van der Waals surface area contributed by atoms with Crippen LogP contribution >= 0.6 is 0 Å². The van der Waals surface area contributed by atoms with Crippen molar-refractivity contribution in [3.8, 4) is 0 Å². The smallest absolute Gasteiger partial charge is 0.655 e. The van der Waals surface area contributed by atoms with Gasteiger partial charge in [-0.2, -0.15) is 0 Å². The number of hydrogen-bond acceptors (Lipinski definition) is 2. The largest absolute Gasteiger partial charge is 3.00 e. The summed E-state index contributed by atoms with van der Waals surface area (Å²) in [5.74, 6) is 0. The Bertz CT molecular complexity index is 999. The van der Waals surface area contributed by atoms with Gasteiger partial charge in [-0.1, -0.05) is 47.5 Å². The van der Waals surface area contributed by atoms with E-state index in [1.807, 2.05) is 26.0 Å². The Kier molecular flexibility index (Phi) is 11.1. The second-order valence-electron chi connectivity index (χ2n) is 8.10. The number of benzene rings is 2. The van der Waals surface area contributed by atoms with Crippen molar-refractivity contribution in [2.24, 2.45) is 9.98 Å². The molecule has 0 aliphatic heterocycles. The maximum absolute atomic E-state index is 4.88. The standard InChI is InChI=1S/C26H30N3.2CH3.Fe/c1-15-11-17(3)25(18(4)12-15)27-21(7)23-9-10-24(29-23)22(8)28-26-19(5)13-16(2)14-20(26)6;;;/h9-14H,1-8H3;2*1H3;/q3*-1;+3. The first kappa shape index (κ1) is 29.6. The van der Waals surface area contributed by atoms with Gasteiger partial charge in [0.1, 0.15) is 0 Å². The number of aryl methyl sites for hydroxylation is 6. The van der Waals surface area contributed by atoms with Crippen LogP contribution in [-0.4, -0.2) is 11.4 Å². The van der Waals surface area contributed by atoms with Gasteiger partial charge in [0.15, 0.2) is 0 Å². The second-order valence-corrected chi connectivity index (χ2v) is 8.10. The molecular formula is C28H36FeN3. The van der Waals surface area contributed by atoms with E-state index in [-0.39, 0.29) is 31.9 Å². The topological polar surface area (TPSA) is 38.8 Å². The minimum Gasteiger partial charge on any atom is -0.655 e. The van der Waals surface area contributed by atoms with E-state index in [0.717, 1.165) is 34.2 Å². The number of aliphatic imine (C=N–C) groups is 2. The van der Waals surface area contributed by atoms with Gasteiger partial charge in [0.05, 0.1) is 11.4 Å². The summed E-state index contributed by atoms with van der Waals surface area (Å²) in [4.78, 5) is 14.6. The van der Waals surface area contributed by atoms with Crippen LogP contribution in [0.25, 0.3) is 0 Å². The van der Waals surface area contributed by atoms with Crippen molar-refractivity contribution < 1.29 is 17.1 Å². The Hall–Kier alpha value is -2.42. The predicted octanol–water partition coefficient (Wildman–Crippen LogP) is 7.67. The summed E-state index contributed by atoms with van der Waals surface area (Å²) >= 11 is 0. The molecule has 0 aliphatic carbocycles. The van der Waals surface area contributed by atoms with Gasteiger partial charge in [-0.25, -0.2) is 0 Å². The van der Waals surface area contributed by atoms with E-state index in [1.54, 1.807) is 0 Å². The molecule has 3 aromatic rings. The fourth-order valence-electron chi connectivity index (χ4n) is 3.91. The molecule has 0 unspecified atom stereocenters. The molecule has 3 rings (SSSR count). The molecule has 0 spiro atoms. The summed E-state index contributed by atoms with van der Waals surface area (Å²) in [6, 6.07) is 12.7. The fraction of sp³-hybridized carbons (Fsp3) is 0.286. The summed E-state index contributed by atoms with van der Waals surface area (Å²) in [7, 11) is 0. The quantitative estimate of drug-likeness (QED) is 0.219. The Morgan fingerprint density at radius 2 is 0.875 bits per heavy atom. The molecule has 0 N–H and O–H groups in total. The maximum atomic E-state index is 4.88. The fourth-order valence-corrected chi connectivity index (χ4v) is 3.91. The Morgan fingerprint density at radius 1 is 0.594 bits per heavy atom. The van der Waals surface area contributed by atoms with Crippen molar-refractivity contribution in [3.05, 3.63) is 96.0 Å². The average molecular weight is 470 g/mol. The second kappa shape index (κ2) is 12.0. The molecule has 0 amide bonds. The van der Waals surface area contributed by atoms with Crippen LogP contribution in [0.2, 0.25) is 0 Å². The van der Waals surface area contributed by atoms with Gasteiger partial charge in [-0.3, -0.25) is 9.98 Å². The Morgan fingerprint density at radius 3 is 1.16 bits per heavy atom. The summed E-state index contributed by atoms with van der Waals surface area (Å²) in [5, 5.41) is 0. The molecule has 2 aromatic carbocycles. The number of hydrogen-bond donors (Lipinski definition) is 0. The van der Waals surface area contributed by atoms with E-state index >= 15 is 0 Å². The van der Waals surface area contributed by atoms with Crippen molar-refractivity contribution >= 4 is 22.8 Å². The molecule has 0 fully saturated rings. The van der Waals surface area contributed by atoms with Crippen LogP contribution in [0.3, 0.4) is 0 Å². The summed E-state index contributed by atoms with van der Waals surface area (Å²) in [5.41, 5.74) is 13.0. The average Bonchev–Trinajstić information content (AvgIpc) is 3.11. The van der Waals surface area contributed by atoms with E-state index in [9.17, 15) is 0 Å². The third kappa shape index (κ3) is 6.54. The van der Waals surface area contributed by atoms with Crippen LogP contribution in [0.5, 0.6) is 0 Å². The molecule has 1 heterocycles. The van der Waals surface area contributed by atoms with Crippen molar-refractivity contribution in [2.45, 2.75) is 55.4 Å². The first-order valence-electron chi connectivity index (χ1n) is 10.1. The SMILES string of the molecule is CC(=Nc1c(C)cc(C)cc1C)c1ccc(C(C)=Nc2c(C)cc(C)cc2C)[n-]1.[CH3-].[CH3-].[Fe+3]. The van der Waals surface area contributed by atoms with E-state index in [0.29, 0.717) is 0 Å². The summed E-state index contributed by atoms with van der Waals surface area (Å²) in [6.45, 7) is 16.7. The predicted molar refractivity (Wildman–Crippen MR) is 138 cm³/mol. The third-order valence-corrected chi connectivity index (χ3v) is 5.21. The normalized spacial score (nSPS) is 11.4. The minimum absolute atomic E-state index is 0. The van der Waals surface area contributed by atoms with Crippen LogP contribution in [-0.2, 0) is 17.1 Å². The van der Waals surface area contributed by atoms with Gasteiger partial charge < -0.3 is 19.8 Å². The van der Waals surface area contributed by atoms with E-state index in [4.69, 9.17) is 15.0 Å². The monoisotopic (exact) mass is 470 g/mol. The molecular weight excluding hydrogens is 434 g/mol. The van der Waals surface area contributed by atoms with Crippen LogP contribution in [0.4, 0.5) is 11.4 Å². The van der Waals surface area contributed by atoms with Crippen molar-refractivity contribution in [3.63, 3.8) is 0 Å². The first-order valence-corrected chi connectivity index (χ1v) is 10.1. The van der Waals surface area contributed by atoms with Crippen molar-refractivity contribution in [2.75, 3.05) is 0 Å². The maximum Gasteiger partial charge on any atom is 3.00 e. The number of nitrogens with zero attached hydrogens (tertiary/aromatic N) is 3. The van der Waals surface area contributed by atoms with E-state index < -0.39 is 0 Å².